The van der Waals surface area contributed by atoms with Gasteiger partial charge in [-0.15, -0.1) is 0 Å². The van der Waals surface area contributed by atoms with E-state index in [2.05, 4.69) is 15.5 Å². The molecule has 3 aromatic carbocycles. The highest BCUT2D eigenvalue weighted by Crippen LogP contribution is 2.32. The van der Waals surface area contributed by atoms with Gasteiger partial charge >= 0.3 is 12.2 Å². The van der Waals surface area contributed by atoms with E-state index in [-0.39, 0.29) is 41.5 Å². The number of hydrogen-bond acceptors (Lipinski definition) is 5. The number of ether oxygens (including phenoxy) is 1. The molecule has 0 aliphatic carbocycles. The highest BCUT2D eigenvalue weighted by molar-refractivity contribution is 6.42. The molecule has 8 nitrogen and oxygen atoms in total. The van der Waals surface area contributed by atoms with Crippen LogP contribution in [0.1, 0.15) is 35.3 Å². The molecule has 44 heavy (non-hydrogen) atoms. The van der Waals surface area contributed by atoms with Crippen molar-refractivity contribution in [3.63, 3.8) is 0 Å². The van der Waals surface area contributed by atoms with Gasteiger partial charge in [0, 0.05) is 36.9 Å². The average molecular weight is 654 g/mol. The maximum atomic E-state index is 13.7. The van der Waals surface area contributed by atoms with E-state index in [9.17, 15) is 27.9 Å². The molecule has 0 aromatic heterocycles. The Morgan fingerprint density at radius 2 is 1.73 bits per heavy atom. The number of anilines is 2. The fourth-order valence-electron chi connectivity index (χ4n) is 4.88. The zero-order valence-corrected chi connectivity index (χ0v) is 25.8. The number of benzene rings is 3. The molecule has 3 amide bonds. The Bertz CT molecular complexity index is 1490. The van der Waals surface area contributed by atoms with E-state index in [1.54, 1.807) is 30.0 Å². The second-order valence-corrected chi connectivity index (χ2v) is 11.7. The third kappa shape index (κ3) is 8.35. The third-order valence-electron chi connectivity index (χ3n) is 7.32. The largest absolute Gasteiger partial charge is 0.488 e. The lowest BCUT2D eigenvalue weighted by molar-refractivity contribution is -0.137. The van der Waals surface area contributed by atoms with E-state index in [4.69, 9.17) is 27.9 Å². The first kappa shape index (κ1) is 33.4. The minimum absolute atomic E-state index is 0.107. The van der Waals surface area contributed by atoms with Crippen LogP contribution in [0.2, 0.25) is 10.0 Å². The van der Waals surface area contributed by atoms with Crippen LogP contribution in [0.3, 0.4) is 0 Å². The van der Waals surface area contributed by atoms with Gasteiger partial charge in [0.2, 0.25) is 0 Å². The molecule has 4 rings (SSSR count). The minimum atomic E-state index is -4.49. The van der Waals surface area contributed by atoms with E-state index < -0.39 is 23.8 Å². The highest BCUT2D eigenvalue weighted by atomic mass is 35.5. The molecule has 0 saturated carbocycles. The summed E-state index contributed by atoms with van der Waals surface area (Å²) in [5, 5.41) is 15.9. The minimum Gasteiger partial charge on any atom is -0.488 e. The van der Waals surface area contributed by atoms with Crippen molar-refractivity contribution in [3.05, 3.63) is 87.4 Å². The Morgan fingerprint density at radius 3 is 2.36 bits per heavy atom. The highest BCUT2D eigenvalue weighted by Gasteiger charge is 2.34. The van der Waals surface area contributed by atoms with Crippen molar-refractivity contribution in [2.75, 3.05) is 37.4 Å². The summed E-state index contributed by atoms with van der Waals surface area (Å²) in [4.78, 5) is 30.0. The summed E-state index contributed by atoms with van der Waals surface area (Å²) in [6.07, 6.45) is -4.83. The van der Waals surface area contributed by atoms with Crippen LogP contribution in [0.15, 0.2) is 60.7 Å². The Hall–Kier alpha value is -3.51. The lowest BCUT2D eigenvalue weighted by Crippen LogP contribution is -2.49. The van der Waals surface area contributed by atoms with Crippen molar-refractivity contribution in [2.45, 2.75) is 38.7 Å². The van der Waals surface area contributed by atoms with Crippen LogP contribution < -0.4 is 15.4 Å². The molecule has 0 unspecified atom stereocenters. The van der Waals surface area contributed by atoms with Crippen LogP contribution in [0.5, 0.6) is 5.75 Å². The number of urea groups is 1. The van der Waals surface area contributed by atoms with E-state index in [0.717, 1.165) is 29.8 Å². The Labute approximate surface area is 263 Å². The number of rotatable bonds is 8. The summed E-state index contributed by atoms with van der Waals surface area (Å²) in [6, 6.07) is 12.9. The predicted octanol–water partition coefficient (Wildman–Crippen LogP) is 7.01. The molecule has 236 valence electrons. The number of aliphatic hydroxyl groups is 1. The summed E-state index contributed by atoms with van der Waals surface area (Å²) in [6.45, 7) is 4.88. The molecule has 1 aliphatic rings. The number of likely N-dealkylation sites (N-methyl/N-ethyl adjacent to an activating group) is 1. The average Bonchev–Trinajstić information content (AvgIpc) is 2.96. The quantitative estimate of drug-likeness (QED) is 0.243. The smallest absolute Gasteiger partial charge is 0.416 e. The first-order valence-electron chi connectivity index (χ1n) is 13.9. The van der Waals surface area contributed by atoms with Gasteiger partial charge in [0.15, 0.2) is 0 Å². The monoisotopic (exact) mass is 652 g/mol. The number of fused-ring (bicyclic) bond motifs is 1. The third-order valence-corrected chi connectivity index (χ3v) is 8.06. The van der Waals surface area contributed by atoms with Gasteiger partial charge in [0.05, 0.1) is 33.8 Å². The van der Waals surface area contributed by atoms with E-state index >= 15 is 0 Å². The number of nitrogens with zero attached hydrogens (tertiary/aromatic N) is 2. The molecule has 13 heteroatoms. The summed E-state index contributed by atoms with van der Waals surface area (Å²) >= 11 is 12.2. The van der Waals surface area contributed by atoms with Gasteiger partial charge in [0.1, 0.15) is 11.9 Å². The molecular formula is C31H33Cl2F3N4O4. The van der Waals surface area contributed by atoms with Gasteiger partial charge in [-0.05, 0) is 74.1 Å². The lowest BCUT2D eigenvalue weighted by atomic mass is 9.99. The number of hydrogen-bond donors (Lipinski definition) is 3. The van der Waals surface area contributed by atoms with Crippen molar-refractivity contribution in [1.29, 1.82) is 0 Å². The Balaban J connectivity index is 1.53. The van der Waals surface area contributed by atoms with Crippen molar-refractivity contribution in [1.82, 2.24) is 9.80 Å². The Morgan fingerprint density at radius 1 is 1.07 bits per heavy atom. The van der Waals surface area contributed by atoms with Gasteiger partial charge in [-0.3, -0.25) is 9.69 Å². The second-order valence-electron chi connectivity index (χ2n) is 10.9. The van der Waals surface area contributed by atoms with Gasteiger partial charge in [-0.25, -0.2) is 4.79 Å². The molecule has 0 bridgehead atoms. The van der Waals surface area contributed by atoms with Gasteiger partial charge in [-0.2, -0.15) is 13.2 Å². The standard InChI is InChI=1S/C31H33Cl2F3N4O4/c1-18-14-40(19(2)17-41)29(42)24-13-23(38-30(43)37-22-7-5-21(6-8-22)31(34,35)36)9-11-27(24)44-28(18)16-39(3)15-20-4-10-25(32)26(33)12-20/h4-13,18-19,28,41H,14-17H2,1-3H3,(H2,37,38,43)/t18-,19+,28+/m1/s1. The fourth-order valence-corrected chi connectivity index (χ4v) is 5.20. The predicted molar refractivity (Wildman–Crippen MR) is 164 cm³/mol. The van der Waals surface area contributed by atoms with E-state index in [0.29, 0.717) is 35.4 Å². The van der Waals surface area contributed by atoms with Crippen LogP contribution in [0.25, 0.3) is 0 Å². The van der Waals surface area contributed by atoms with Gasteiger partial charge < -0.3 is 25.4 Å². The molecule has 0 radical (unpaired) electrons. The van der Waals surface area contributed by atoms with Gasteiger partial charge in [0.25, 0.3) is 5.91 Å². The summed E-state index contributed by atoms with van der Waals surface area (Å²) in [7, 11) is 1.94. The zero-order chi connectivity index (χ0) is 32.2. The number of aliphatic hydroxyl groups excluding tert-OH is 1. The second kappa shape index (κ2) is 14.1. The maximum Gasteiger partial charge on any atom is 0.416 e. The maximum absolute atomic E-state index is 13.7. The molecule has 3 aromatic rings. The topological polar surface area (TPSA) is 94.1 Å². The lowest BCUT2D eigenvalue weighted by Gasteiger charge is -2.38. The van der Waals surface area contributed by atoms with Crippen molar-refractivity contribution < 1.29 is 32.6 Å². The number of amides is 3. The molecule has 0 saturated heterocycles. The summed E-state index contributed by atoms with van der Waals surface area (Å²) in [5.74, 6) is -0.161. The van der Waals surface area contributed by atoms with Crippen LogP contribution in [-0.4, -0.2) is 65.7 Å². The van der Waals surface area contributed by atoms with Crippen molar-refractivity contribution >= 4 is 46.5 Å². The number of halogens is 5. The molecular weight excluding hydrogens is 620 g/mol. The SMILES string of the molecule is C[C@@H]1CN([C@@H](C)CO)C(=O)c2cc(NC(=O)Nc3ccc(C(F)(F)F)cc3)ccc2O[C@H]1CN(C)Cc1ccc(Cl)c(Cl)c1. The first-order chi connectivity index (χ1) is 20.7. The number of alkyl halides is 3. The summed E-state index contributed by atoms with van der Waals surface area (Å²) in [5.41, 5.74) is 0.756. The van der Waals surface area contributed by atoms with Crippen LogP contribution in [0, 0.1) is 5.92 Å². The van der Waals surface area contributed by atoms with Crippen LogP contribution in [0.4, 0.5) is 29.3 Å². The Kier molecular flexibility index (Phi) is 10.7. The summed E-state index contributed by atoms with van der Waals surface area (Å²) < 4.78 is 45.0. The number of carbonyl (C=O) groups is 2. The van der Waals surface area contributed by atoms with E-state index in [1.807, 2.05) is 26.1 Å². The number of nitrogens with one attached hydrogen (secondary N) is 2. The van der Waals surface area contributed by atoms with Crippen LogP contribution in [-0.2, 0) is 12.7 Å². The molecule has 1 heterocycles. The number of carbonyl (C=O) groups excluding carboxylic acids is 2. The van der Waals surface area contributed by atoms with Crippen LogP contribution >= 0.6 is 23.2 Å². The molecule has 0 fully saturated rings. The normalized spacial score (nSPS) is 17.8. The fraction of sp³-hybridized carbons (Fsp3) is 0.355. The molecule has 0 spiro atoms. The van der Waals surface area contributed by atoms with Crippen molar-refractivity contribution in [3.8, 4) is 5.75 Å². The van der Waals surface area contributed by atoms with Gasteiger partial charge in [-0.1, -0.05) is 36.2 Å². The molecule has 3 N–H and O–H groups in total. The van der Waals surface area contributed by atoms with E-state index in [1.165, 1.54) is 6.07 Å². The molecule has 1 aliphatic heterocycles. The zero-order valence-electron chi connectivity index (χ0n) is 24.3. The molecule has 3 atom stereocenters. The first-order valence-corrected chi connectivity index (χ1v) is 14.6. The van der Waals surface area contributed by atoms with Crippen molar-refractivity contribution in [2.24, 2.45) is 5.92 Å².